The molecule has 3 nitrogen and oxygen atoms in total. The van der Waals surface area contributed by atoms with Crippen LogP contribution in [-0.4, -0.2) is 18.8 Å². The van der Waals surface area contributed by atoms with E-state index in [2.05, 4.69) is 37.2 Å². The van der Waals surface area contributed by atoms with Crippen molar-refractivity contribution in [1.82, 2.24) is 0 Å². The SMILES string of the molecule is COc1cc(NCC(O)c2ccccc2F)c(Br)cc1Br. The van der Waals surface area contributed by atoms with Crippen LogP contribution in [0.2, 0.25) is 0 Å². The molecule has 0 aliphatic heterocycles. The second-order valence-corrected chi connectivity index (χ2v) is 6.09. The molecule has 0 aliphatic rings. The van der Waals surface area contributed by atoms with E-state index in [1.165, 1.54) is 6.07 Å². The molecule has 2 aromatic rings. The normalized spacial score (nSPS) is 12.0. The Morgan fingerprint density at radius 2 is 1.95 bits per heavy atom. The van der Waals surface area contributed by atoms with Crippen LogP contribution in [0.3, 0.4) is 0 Å². The van der Waals surface area contributed by atoms with Gasteiger partial charge in [-0.2, -0.15) is 0 Å². The van der Waals surface area contributed by atoms with Gasteiger partial charge in [0.15, 0.2) is 0 Å². The Balaban J connectivity index is 2.11. The van der Waals surface area contributed by atoms with Crippen molar-refractivity contribution in [3.05, 3.63) is 56.7 Å². The van der Waals surface area contributed by atoms with Crippen LogP contribution in [0.15, 0.2) is 45.3 Å². The van der Waals surface area contributed by atoms with Crippen LogP contribution in [0.4, 0.5) is 10.1 Å². The number of halogens is 3. The van der Waals surface area contributed by atoms with Crippen molar-refractivity contribution in [2.24, 2.45) is 0 Å². The molecule has 0 spiro atoms. The third-order valence-corrected chi connectivity index (χ3v) is 4.27. The van der Waals surface area contributed by atoms with Gasteiger partial charge in [0, 0.05) is 22.6 Å². The van der Waals surface area contributed by atoms with E-state index in [0.29, 0.717) is 5.75 Å². The van der Waals surface area contributed by atoms with Crippen LogP contribution in [0, 0.1) is 5.82 Å². The lowest BCUT2D eigenvalue weighted by Gasteiger charge is -2.16. The molecular formula is C15H14Br2FNO2. The molecule has 0 bridgehead atoms. The molecule has 21 heavy (non-hydrogen) atoms. The predicted molar refractivity (Wildman–Crippen MR) is 88.2 cm³/mol. The van der Waals surface area contributed by atoms with E-state index in [-0.39, 0.29) is 12.1 Å². The van der Waals surface area contributed by atoms with Crippen molar-refractivity contribution in [3.63, 3.8) is 0 Å². The molecule has 0 radical (unpaired) electrons. The summed E-state index contributed by atoms with van der Waals surface area (Å²) in [4.78, 5) is 0. The van der Waals surface area contributed by atoms with Crippen molar-refractivity contribution in [1.29, 1.82) is 0 Å². The first kappa shape index (κ1) is 16.3. The predicted octanol–water partition coefficient (Wildman–Crippen LogP) is 4.50. The number of aliphatic hydroxyl groups is 1. The monoisotopic (exact) mass is 417 g/mol. The topological polar surface area (TPSA) is 41.5 Å². The summed E-state index contributed by atoms with van der Waals surface area (Å²) < 4.78 is 20.4. The summed E-state index contributed by atoms with van der Waals surface area (Å²) in [6, 6.07) is 9.82. The zero-order valence-corrected chi connectivity index (χ0v) is 14.4. The van der Waals surface area contributed by atoms with Crippen molar-refractivity contribution in [2.75, 3.05) is 19.0 Å². The Bertz CT molecular complexity index is 637. The lowest BCUT2D eigenvalue weighted by molar-refractivity contribution is 0.186. The van der Waals surface area contributed by atoms with Gasteiger partial charge < -0.3 is 15.2 Å². The smallest absolute Gasteiger partial charge is 0.135 e. The molecule has 0 fully saturated rings. The number of nitrogens with one attached hydrogen (secondary N) is 1. The van der Waals surface area contributed by atoms with E-state index in [4.69, 9.17) is 4.74 Å². The number of hydrogen-bond donors (Lipinski definition) is 2. The van der Waals surface area contributed by atoms with Gasteiger partial charge in [-0.05, 0) is 44.0 Å². The van der Waals surface area contributed by atoms with Gasteiger partial charge in [0.1, 0.15) is 11.6 Å². The molecule has 0 aromatic heterocycles. The molecule has 2 aromatic carbocycles. The summed E-state index contributed by atoms with van der Waals surface area (Å²) in [7, 11) is 1.58. The third-order valence-electron chi connectivity index (χ3n) is 2.99. The van der Waals surface area contributed by atoms with E-state index < -0.39 is 11.9 Å². The van der Waals surface area contributed by atoms with Gasteiger partial charge in [-0.1, -0.05) is 18.2 Å². The fourth-order valence-electron chi connectivity index (χ4n) is 1.88. The van der Waals surface area contributed by atoms with Gasteiger partial charge in [-0.25, -0.2) is 4.39 Å². The summed E-state index contributed by atoms with van der Waals surface area (Å²) in [5, 5.41) is 13.2. The minimum atomic E-state index is -0.937. The molecule has 0 saturated carbocycles. The molecule has 0 heterocycles. The van der Waals surface area contributed by atoms with Crippen LogP contribution in [0.1, 0.15) is 11.7 Å². The maximum absolute atomic E-state index is 13.6. The van der Waals surface area contributed by atoms with Gasteiger partial charge in [-0.15, -0.1) is 0 Å². The zero-order valence-electron chi connectivity index (χ0n) is 11.2. The lowest BCUT2D eigenvalue weighted by atomic mass is 10.1. The molecule has 1 unspecified atom stereocenters. The number of aliphatic hydroxyl groups excluding tert-OH is 1. The number of hydrogen-bond acceptors (Lipinski definition) is 3. The third kappa shape index (κ3) is 3.96. The quantitative estimate of drug-likeness (QED) is 0.750. The molecular weight excluding hydrogens is 405 g/mol. The first-order valence-electron chi connectivity index (χ1n) is 6.22. The van der Waals surface area contributed by atoms with Crippen LogP contribution in [0.5, 0.6) is 5.75 Å². The lowest BCUT2D eigenvalue weighted by Crippen LogP contribution is -2.13. The Morgan fingerprint density at radius 1 is 1.24 bits per heavy atom. The largest absolute Gasteiger partial charge is 0.495 e. The zero-order chi connectivity index (χ0) is 15.4. The van der Waals surface area contributed by atoms with Gasteiger partial charge in [-0.3, -0.25) is 0 Å². The van der Waals surface area contributed by atoms with Crippen LogP contribution >= 0.6 is 31.9 Å². The highest BCUT2D eigenvalue weighted by atomic mass is 79.9. The fourth-order valence-corrected chi connectivity index (χ4v) is 3.18. The van der Waals surface area contributed by atoms with Crippen molar-refractivity contribution in [2.45, 2.75) is 6.10 Å². The summed E-state index contributed by atoms with van der Waals surface area (Å²) in [6.45, 7) is 0.185. The Morgan fingerprint density at radius 3 is 2.62 bits per heavy atom. The van der Waals surface area contributed by atoms with Crippen LogP contribution in [-0.2, 0) is 0 Å². The summed E-state index contributed by atoms with van der Waals surface area (Å²) in [6.07, 6.45) is -0.937. The molecule has 2 rings (SSSR count). The molecule has 112 valence electrons. The average Bonchev–Trinajstić information content (AvgIpc) is 2.46. The van der Waals surface area contributed by atoms with E-state index >= 15 is 0 Å². The fraction of sp³-hybridized carbons (Fsp3) is 0.200. The maximum atomic E-state index is 13.6. The molecule has 0 saturated heterocycles. The number of methoxy groups -OCH3 is 1. The Kier molecular flexibility index (Phi) is 5.61. The minimum absolute atomic E-state index is 0.185. The summed E-state index contributed by atoms with van der Waals surface area (Å²) in [5.74, 6) is 0.250. The average molecular weight is 419 g/mol. The maximum Gasteiger partial charge on any atom is 0.135 e. The Labute approximate surface area is 139 Å². The number of benzene rings is 2. The van der Waals surface area contributed by atoms with Crippen LogP contribution < -0.4 is 10.1 Å². The van der Waals surface area contributed by atoms with Gasteiger partial charge in [0.05, 0.1) is 23.4 Å². The number of anilines is 1. The van der Waals surface area contributed by atoms with E-state index in [9.17, 15) is 9.50 Å². The minimum Gasteiger partial charge on any atom is -0.495 e. The van der Waals surface area contributed by atoms with Gasteiger partial charge in [0.25, 0.3) is 0 Å². The molecule has 6 heteroatoms. The van der Waals surface area contributed by atoms with Crippen molar-refractivity contribution < 1.29 is 14.2 Å². The summed E-state index contributed by atoms with van der Waals surface area (Å²) >= 11 is 6.81. The van der Waals surface area contributed by atoms with E-state index in [0.717, 1.165) is 14.6 Å². The van der Waals surface area contributed by atoms with E-state index in [1.807, 2.05) is 6.07 Å². The highest BCUT2D eigenvalue weighted by Gasteiger charge is 2.13. The number of ether oxygens (including phenoxy) is 1. The molecule has 2 N–H and O–H groups in total. The number of rotatable bonds is 5. The van der Waals surface area contributed by atoms with Gasteiger partial charge >= 0.3 is 0 Å². The summed E-state index contributed by atoms with van der Waals surface area (Å²) in [5.41, 5.74) is 1.02. The van der Waals surface area contributed by atoms with Crippen LogP contribution in [0.25, 0.3) is 0 Å². The standard InChI is InChI=1S/C15H14Br2FNO2/c1-21-15-7-13(10(16)6-11(15)17)19-8-14(20)9-4-2-3-5-12(9)18/h2-7,14,19-20H,8H2,1H3. The van der Waals surface area contributed by atoms with Gasteiger partial charge in [0.2, 0.25) is 0 Å². The van der Waals surface area contributed by atoms with Crippen molar-refractivity contribution >= 4 is 37.5 Å². The highest BCUT2D eigenvalue weighted by molar-refractivity contribution is 9.11. The Hall–Kier alpha value is -1.11. The van der Waals surface area contributed by atoms with Crippen molar-refractivity contribution in [3.8, 4) is 5.75 Å². The highest BCUT2D eigenvalue weighted by Crippen LogP contribution is 2.34. The first-order chi connectivity index (χ1) is 10.0. The second kappa shape index (κ2) is 7.24. The molecule has 1 atom stereocenters. The second-order valence-electron chi connectivity index (χ2n) is 4.38. The molecule has 0 aliphatic carbocycles. The molecule has 0 amide bonds. The van der Waals surface area contributed by atoms with E-state index in [1.54, 1.807) is 31.4 Å². The first-order valence-corrected chi connectivity index (χ1v) is 7.81.